The average molecular weight is 248 g/mol. The number of hydrogen-bond donors (Lipinski definition) is 2. The smallest absolute Gasteiger partial charge is 0.314 e. The molecule has 7 heteroatoms. The molecule has 0 aliphatic carbocycles. The summed E-state index contributed by atoms with van der Waals surface area (Å²) < 4.78 is 5.19. The lowest BCUT2D eigenvalue weighted by molar-refractivity contribution is -0.139. The standard InChI is InChI=1S/C11H12N4O3/c1-18-9-5-3-2-4-7(9)6-8(11(16)17)10-12-14-15-13-10/h2-5,8H,6H2,1H3,(H,16,17)(H,12,13,14,15). The van der Waals surface area contributed by atoms with Crippen LogP contribution in [0.3, 0.4) is 0 Å². The van der Waals surface area contributed by atoms with E-state index in [1.54, 1.807) is 13.2 Å². The minimum absolute atomic E-state index is 0.161. The Bertz CT molecular complexity index is 527. The van der Waals surface area contributed by atoms with Crippen molar-refractivity contribution in [2.24, 2.45) is 0 Å². The minimum Gasteiger partial charge on any atom is -0.496 e. The Kier molecular flexibility index (Phi) is 3.52. The van der Waals surface area contributed by atoms with Crippen molar-refractivity contribution in [1.29, 1.82) is 0 Å². The van der Waals surface area contributed by atoms with E-state index in [1.807, 2.05) is 18.2 Å². The van der Waals surface area contributed by atoms with Crippen molar-refractivity contribution < 1.29 is 14.6 Å². The maximum absolute atomic E-state index is 11.2. The van der Waals surface area contributed by atoms with Crippen molar-refractivity contribution in [1.82, 2.24) is 20.6 Å². The summed E-state index contributed by atoms with van der Waals surface area (Å²) in [5.41, 5.74) is 0.789. The van der Waals surface area contributed by atoms with Gasteiger partial charge in [-0.3, -0.25) is 4.79 Å². The number of nitrogens with zero attached hydrogens (tertiary/aromatic N) is 3. The van der Waals surface area contributed by atoms with Crippen molar-refractivity contribution in [2.45, 2.75) is 12.3 Å². The van der Waals surface area contributed by atoms with Gasteiger partial charge >= 0.3 is 5.97 Å². The number of carboxylic acids is 1. The molecule has 0 saturated heterocycles. The number of aromatic amines is 1. The second-order valence-electron chi connectivity index (χ2n) is 3.68. The van der Waals surface area contributed by atoms with Gasteiger partial charge in [0.15, 0.2) is 5.82 Å². The summed E-state index contributed by atoms with van der Waals surface area (Å²) >= 11 is 0. The zero-order valence-electron chi connectivity index (χ0n) is 9.70. The van der Waals surface area contributed by atoms with Gasteiger partial charge in [0, 0.05) is 0 Å². The highest BCUT2D eigenvalue weighted by Gasteiger charge is 2.25. The molecular formula is C11H12N4O3. The van der Waals surface area contributed by atoms with Crippen LogP contribution >= 0.6 is 0 Å². The Hall–Kier alpha value is -2.44. The second kappa shape index (κ2) is 5.26. The van der Waals surface area contributed by atoms with Crippen molar-refractivity contribution in [3.05, 3.63) is 35.7 Å². The third-order valence-electron chi connectivity index (χ3n) is 2.59. The number of benzene rings is 1. The van der Waals surface area contributed by atoms with E-state index < -0.39 is 11.9 Å². The highest BCUT2D eigenvalue weighted by molar-refractivity contribution is 5.75. The van der Waals surface area contributed by atoms with Gasteiger partial charge in [-0.2, -0.15) is 5.21 Å². The Labute approximate surface area is 103 Å². The minimum atomic E-state index is -0.998. The fourth-order valence-electron chi connectivity index (χ4n) is 1.70. The lowest BCUT2D eigenvalue weighted by Gasteiger charge is -2.11. The summed E-state index contributed by atoms with van der Waals surface area (Å²) in [6, 6.07) is 7.25. The highest BCUT2D eigenvalue weighted by Crippen LogP contribution is 2.24. The van der Waals surface area contributed by atoms with Crippen molar-refractivity contribution >= 4 is 5.97 Å². The summed E-state index contributed by atoms with van der Waals surface area (Å²) in [5, 5.41) is 22.3. The third kappa shape index (κ3) is 2.45. The molecule has 0 radical (unpaired) electrons. The number of carbonyl (C=O) groups is 1. The van der Waals surface area contributed by atoms with Gasteiger partial charge in [-0.15, -0.1) is 10.2 Å². The number of ether oxygens (including phenoxy) is 1. The first-order chi connectivity index (χ1) is 8.72. The van der Waals surface area contributed by atoms with Crippen LogP contribution in [0.5, 0.6) is 5.75 Å². The predicted octanol–water partition coefficient (Wildman–Crippen LogP) is 0.619. The molecule has 0 spiro atoms. The van der Waals surface area contributed by atoms with Crippen molar-refractivity contribution in [3.63, 3.8) is 0 Å². The molecule has 2 aromatic rings. The van der Waals surface area contributed by atoms with E-state index in [9.17, 15) is 9.90 Å². The van der Waals surface area contributed by atoms with Crippen LogP contribution in [0.2, 0.25) is 0 Å². The fourth-order valence-corrected chi connectivity index (χ4v) is 1.70. The van der Waals surface area contributed by atoms with Gasteiger partial charge in [-0.1, -0.05) is 23.4 Å². The number of nitrogens with one attached hydrogen (secondary N) is 1. The second-order valence-corrected chi connectivity index (χ2v) is 3.68. The first-order valence-corrected chi connectivity index (χ1v) is 5.30. The maximum atomic E-state index is 11.2. The molecular weight excluding hydrogens is 236 g/mol. The van der Waals surface area contributed by atoms with Crippen molar-refractivity contribution in [2.75, 3.05) is 7.11 Å². The van der Waals surface area contributed by atoms with E-state index in [-0.39, 0.29) is 12.2 Å². The molecule has 0 fully saturated rings. The Morgan fingerprint density at radius 2 is 2.28 bits per heavy atom. The number of para-hydroxylation sites is 1. The number of hydrogen-bond acceptors (Lipinski definition) is 5. The number of tetrazole rings is 1. The van der Waals surface area contributed by atoms with Gasteiger partial charge in [0.2, 0.25) is 0 Å². The molecule has 1 aromatic heterocycles. The molecule has 94 valence electrons. The normalized spacial score (nSPS) is 12.1. The van der Waals surface area contributed by atoms with Gasteiger partial charge in [0.25, 0.3) is 0 Å². The molecule has 0 bridgehead atoms. The molecule has 2 rings (SSSR count). The summed E-state index contributed by atoms with van der Waals surface area (Å²) in [5.74, 6) is -1.04. The van der Waals surface area contributed by atoms with Crippen LogP contribution in [-0.4, -0.2) is 38.8 Å². The van der Waals surface area contributed by atoms with Crippen molar-refractivity contribution in [3.8, 4) is 5.75 Å². The average Bonchev–Trinajstić information content (AvgIpc) is 2.89. The number of aromatic nitrogens is 4. The van der Waals surface area contributed by atoms with Crippen LogP contribution in [0.1, 0.15) is 17.3 Å². The lowest BCUT2D eigenvalue weighted by Crippen LogP contribution is -2.16. The van der Waals surface area contributed by atoms with Gasteiger partial charge in [-0.25, -0.2) is 0 Å². The SMILES string of the molecule is COc1ccccc1CC(C(=O)O)c1nn[nH]n1. The Morgan fingerprint density at radius 1 is 1.50 bits per heavy atom. The van der Waals surface area contributed by atoms with E-state index in [4.69, 9.17) is 4.74 Å². The molecule has 1 unspecified atom stereocenters. The van der Waals surface area contributed by atoms with Crippen LogP contribution in [0.25, 0.3) is 0 Å². The topological polar surface area (TPSA) is 101 Å². The van der Waals surface area contributed by atoms with Gasteiger partial charge in [0.1, 0.15) is 11.7 Å². The zero-order valence-corrected chi connectivity index (χ0v) is 9.70. The van der Waals surface area contributed by atoms with Gasteiger partial charge in [0.05, 0.1) is 7.11 Å². The van der Waals surface area contributed by atoms with E-state index in [2.05, 4.69) is 20.6 Å². The van der Waals surface area contributed by atoms with E-state index in [0.717, 1.165) is 5.56 Å². The third-order valence-corrected chi connectivity index (χ3v) is 2.59. The molecule has 0 aliphatic heterocycles. The quantitative estimate of drug-likeness (QED) is 0.804. The molecule has 0 aliphatic rings. The van der Waals surface area contributed by atoms with E-state index >= 15 is 0 Å². The lowest BCUT2D eigenvalue weighted by atomic mass is 9.98. The van der Waals surface area contributed by atoms with Gasteiger partial charge in [-0.05, 0) is 18.1 Å². The molecule has 7 nitrogen and oxygen atoms in total. The van der Waals surface area contributed by atoms with Gasteiger partial charge < -0.3 is 9.84 Å². The molecule has 2 N–H and O–H groups in total. The Balaban J connectivity index is 2.27. The molecule has 1 heterocycles. The van der Waals surface area contributed by atoms with Crippen LogP contribution < -0.4 is 4.74 Å². The summed E-state index contributed by atoms with van der Waals surface area (Å²) in [7, 11) is 1.54. The molecule has 0 amide bonds. The van der Waals surface area contributed by atoms with Crippen LogP contribution in [-0.2, 0) is 11.2 Å². The number of carboxylic acid groups (broad SMARTS) is 1. The summed E-state index contributed by atoms with van der Waals surface area (Å²) in [6.45, 7) is 0. The molecule has 18 heavy (non-hydrogen) atoms. The Morgan fingerprint density at radius 3 is 2.89 bits per heavy atom. The largest absolute Gasteiger partial charge is 0.496 e. The fraction of sp³-hybridized carbons (Fsp3) is 0.273. The number of rotatable bonds is 5. The highest BCUT2D eigenvalue weighted by atomic mass is 16.5. The van der Waals surface area contributed by atoms with Crippen LogP contribution in [0, 0.1) is 0 Å². The maximum Gasteiger partial charge on any atom is 0.314 e. The van der Waals surface area contributed by atoms with E-state index in [1.165, 1.54) is 0 Å². The van der Waals surface area contributed by atoms with Crippen LogP contribution in [0.15, 0.2) is 24.3 Å². The first kappa shape index (κ1) is 12.0. The number of aliphatic carboxylic acids is 1. The monoisotopic (exact) mass is 248 g/mol. The first-order valence-electron chi connectivity index (χ1n) is 5.30. The summed E-state index contributed by atoms with van der Waals surface area (Å²) in [4.78, 5) is 11.2. The molecule has 1 aromatic carbocycles. The number of methoxy groups -OCH3 is 1. The van der Waals surface area contributed by atoms with E-state index in [0.29, 0.717) is 5.75 Å². The zero-order chi connectivity index (χ0) is 13.0. The molecule has 0 saturated carbocycles. The summed E-state index contributed by atoms with van der Waals surface area (Å²) in [6.07, 6.45) is 0.249. The van der Waals surface area contributed by atoms with Crippen LogP contribution in [0.4, 0.5) is 0 Å². The molecule has 1 atom stereocenters. The predicted molar refractivity (Wildman–Crippen MR) is 61.3 cm³/mol. The number of H-pyrrole nitrogens is 1.